The predicted octanol–water partition coefficient (Wildman–Crippen LogP) is 4.60. The molecule has 2 aromatic carbocycles. The van der Waals surface area contributed by atoms with Crippen LogP contribution in [0.25, 0.3) is 0 Å². The minimum atomic E-state index is -0.0639. The monoisotopic (exact) mass is 325 g/mol. The fourth-order valence-corrected chi connectivity index (χ4v) is 2.41. The van der Waals surface area contributed by atoms with E-state index in [2.05, 4.69) is 0 Å². The summed E-state index contributed by atoms with van der Waals surface area (Å²) in [4.78, 5) is 0. The fourth-order valence-electron chi connectivity index (χ4n) is 1.91. The third kappa shape index (κ3) is 3.82. The van der Waals surface area contributed by atoms with Crippen molar-refractivity contribution in [3.63, 3.8) is 0 Å². The van der Waals surface area contributed by atoms with Crippen LogP contribution in [0.3, 0.4) is 0 Å². The number of nitrogens with two attached hydrogens (primary N) is 1. The number of hydrogen-bond acceptors (Lipinski definition) is 3. The van der Waals surface area contributed by atoms with Crippen LogP contribution in [0, 0.1) is 0 Å². The lowest BCUT2D eigenvalue weighted by molar-refractivity contribution is 0.284. The molecule has 5 heteroatoms. The largest absolute Gasteiger partial charge is 0.493 e. The Morgan fingerprint density at radius 2 is 1.76 bits per heavy atom. The van der Waals surface area contributed by atoms with Crippen molar-refractivity contribution >= 4 is 23.2 Å². The zero-order valence-electron chi connectivity index (χ0n) is 11.9. The third-order valence-corrected chi connectivity index (χ3v) is 3.86. The predicted molar refractivity (Wildman–Crippen MR) is 86.4 cm³/mol. The molecule has 0 saturated heterocycles. The first-order valence-corrected chi connectivity index (χ1v) is 7.27. The second kappa shape index (κ2) is 7.03. The van der Waals surface area contributed by atoms with Crippen LogP contribution in [-0.2, 0) is 6.61 Å². The van der Waals surface area contributed by atoms with E-state index in [0.717, 1.165) is 11.1 Å². The molecule has 21 heavy (non-hydrogen) atoms. The lowest BCUT2D eigenvalue weighted by atomic mass is 10.1. The van der Waals surface area contributed by atoms with Crippen molar-refractivity contribution in [1.82, 2.24) is 0 Å². The Bertz CT molecular complexity index is 609. The molecule has 0 aliphatic rings. The van der Waals surface area contributed by atoms with Gasteiger partial charge in [0.2, 0.25) is 0 Å². The maximum Gasteiger partial charge on any atom is 0.161 e. The summed E-state index contributed by atoms with van der Waals surface area (Å²) in [7, 11) is 1.59. The number of methoxy groups -OCH3 is 1. The van der Waals surface area contributed by atoms with Gasteiger partial charge in [-0.25, -0.2) is 0 Å². The van der Waals surface area contributed by atoms with Crippen LogP contribution in [0.2, 0.25) is 10.0 Å². The number of ether oxygens (including phenoxy) is 2. The van der Waals surface area contributed by atoms with Gasteiger partial charge in [0.15, 0.2) is 11.5 Å². The van der Waals surface area contributed by atoms with E-state index in [9.17, 15) is 0 Å². The molecule has 0 amide bonds. The van der Waals surface area contributed by atoms with E-state index in [1.54, 1.807) is 25.3 Å². The Kier molecular flexibility index (Phi) is 5.34. The highest BCUT2D eigenvalue weighted by atomic mass is 35.5. The highest BCUT2D eigenvalue weighted by Gasteiger charge is 2.11. The Morgan fingerprint density at radius 1 is 1.10 bits per heavy atom. The number of hydrogen-bond donors (Lipinski definition) is 1. The van der Waals surface area contributed by atoms with Gasteiger partial charge in [0.05, 0.1) is 7.11 Å². The zero-order valence-corrected chi connectivity index (χ0v) is 13.4. The first-order valence-electron chi connectivity index (χ1n) is 6.52. The van der Waals surface area contributed by atoms with Gasteiger partial charge in [-0.2, -0.15) is 0 Å². The van der Waals surface area contributed by atoms with Gasteiger partial charge < -0.3 is 15.2 Å². The van der Waals surface area contributed by atoms with Crippen LogP contribution in [0.4, 0.5) is 0 Å². The molecule has 0 aliphatic heterocycles. The van der Waals surface area contributed by atoms with Gasteiger partial charge in [-0.1, -0.05) is 35.3 Å². The van der Waals surface area contributed by atoms with Crippen molar-refractivity contribution in [1.29, 1.82) is 0 Å². The molecule has 0 spiro atoms. The molecule has 1 unspecified atom stereocenters. The molecular weight excluding hydrogens is 309 g/mol. The summed E-state index contributed by atoms with van der Waals surface area (Å²) in [6.45, 7) is 2.19. The van der Waals surface area contributed by atoms with E-state index in [-0.39, 0.29) is 12.6 Å². The molecule has 2 rings (SSSR count). The van der Waals surface area contributed by atoms with Crippen molar-refractivity contribution in [3.8, 4) is 11.5 Å². The van der Waals surface area contributed by atoms with Gasteiger partial charge in [0.25, 0.3) is 0 Å². The average molecular weight is 326 g/mol. The quantitative estimate of drug-likeness (QED) is 0.873. The Hall–Kier alpha value is -1.42. The highest BCUT2D eigenvalue weighted by molar-refractivity contribution is 6.35. The summed E-state index contributed by atoms with van der Waals surface area (Å²) >= 11 is 12.2. The topological polar surface area (TPSA) is 44.5 Å². The first kappa shape index (κ1) is 16.0. The first-order chi connectivity index (χ1) is 10.0. The SMILES string of the molecule is COc1cc(C(C)N)ccc1OCc1c(Cl)cccc1Cl. The molecular formula is C16H17Cl2NO2. The van der Waals surface area contributed by atoms with Gasteiger partial charge in [-0.05, 0) is 36.8 Å². The van der Waals surface area contributed by atoms with Gasteiger partial charge in [-0.3, -0.25) is 0 Å². The standard InChI is InChI=1S/C16H17Cl2NO2/c1-10(19)11-6-7-15(16(8-11)20-2)21-9-12-13(17)4-3-5-14(12)18/h3-8,10H,9,19H2,1-2H3. The normalized spacial score (nSPS) is 12.0. The average Bonchev–Trinajstić information content (AvgIpc) is 2.46. The maximum absolute atomic E-state index is 6.12. The number of halogens is 2. The third-order valence-electron chi connectivity index (χ3n) is 3.15. The number of rotatable bonds is 5. The molecule has 1 atom stereocenters. The van der Waals surface area contributed by atoms with Crippen LogP contribution in [-0.4, -0.2) is 7.11 Å². The lowest BCUT2D eigenvalue weighted by Crippen LogP contribution is -2.06. The Balaban J connectivity index is 2.20. The van der Waals surface area contributed by atoms with Gasteiger partial charge in [0, 0.05) is 21.7 Å². The molecule has 0 saturated carbocycles. The van der Waals surface area contributed by atoms with Gasteiger partial charge in [-0.15, -0.1) is 0 Å². The molecule has 0 bridgehead atoms. The van der Waals surface area contributed by atoms with Gasteiger partial charge in [0.1, 0.15) is 6.61 Å². The second-order valence-corrected chi connectivity index (χ2v) is 5.50. The minimum absolute atomic E-state index is 0.0639. The van der Waals surface area contributed by atoms with Crippen molar-refractivity contribution in [3.05, 3.63) is 57.6 Å². The molecule has 0 fully saturated rings. The second-order valence-electron chi connectivity index (χ2n) is 4.69. The molecule has 0 aliphatic carbocycles. The Labute approximate surface area is 134 Å². The highest BCUT2D eigenvalue weighted by Crippen LogP contribution is 2.32. The van der Waals surface area contributed by atoms with Crippen LogP contribution in [0.15, 0.2) is 36.4 Å². The van der Waals surface area contributed by atoms with Crippen LogP contribution in [0.1, 0.15) is 24.1 Å². The molecule has 2 aromatic rings. The summed E-state index contributed by atoms with van der Waals surface area (Å²) in [5.74, 6) is 1.26. The van der Waals surface area contributed by atoms with E-state index in [1.165, 1.54) is 0 Å². The minimum Gasteiger partial charge on any atom is -0.493 e. The van der Waals surface area contributed by atoms with Crippen molar-refractivity contribution in [2.24, 2.45) is 5.73 Å². The molecule has 112 valence electrons. The Morgan fingerprint density at radius 3 is 2.33 bits per heavy atom. The molecule has 0 heterocycles. The van der Waals surface area contributed by atoms with Gasteiger partial charge >= 0.3 is 0 Å². The maximum atomic E-state index is 6.12. The lowest BCUT2D eigenvalue weighted by Gasteiger charge is -2.14. The van der Waals surface area contributed by atoms with E-state index in [4.69, 9.17) is 38.4 Å². The summed E-state index contributed by atoms with van der Waals surface area (Å²) in [5, 5.41) is 1.15. The number of benzene rings is 2. The van der Waals surface area contributed by atoms with Crippen LogP contribution in [0.5, 0.6) is 11.5 Å². The zero-order chi connectivity index (χ0) is 15.4. The van der Waals surface area contributed by atoms with Crippen molar-refractivity contribution < 1.29 is 9.47 Å². The molecule has 0 radical (unpaired) electrons. The molecule has 2 N–H and O–H groups in total. The molecule has 3 nitrogen and oxygen atoms in total. The summed E-state index contributed by atoms with van der Waals surface area (Å²) in [6.07, 6.45) is 0. The van der Waals surface area contributed by atoms with E-state index in [0.29, 0.717) is 21.5 Å². The van der Waals surface area contributed by atoms with Crippen LogP contribution < -0.4 is 15.2 Å². The molecule has 0 aromatic heterocycles. The summed E-state index contributed by atoms with van der Waals surface area (Å²) in [5.41, 5.74) is 7.59. The summed E-state index contributed by atoms with van der Waals surface area (Å²) < 4.78 is 11.1. The van der Waals surface area contributed by atoms with E-state index in [1.807, 2.05) is 25.1 Å². The van der Waals surface area contributed by atoms with Crippen molar-refractivity contribution in [2.75, 3.05) is 7.11 Å². The fraction of sp³-hybridized carbons (Fsp3) is 0.250. The van der Waals surface area contributed by atoms with Crippen LogP contribution >= 0.6 is 23.2 Å². The summed E-state index contributed by atoms with van der Waals surface area (Å²) in [6, 6.07) is 10.9. The smallest absolute Gasteiger partial charge is 0.161 e. The van der Waals surface area contributed by atoms with E-state index < -0.39 is 0 Å². The van der Waals surface area contributed by atoms with E-state index >= 15 is 0 Å². The van der Waals surface area contributed by atoms with Crippen molar-refractivity contribution in [2.45, 2.75) is 19.6 Å².